The fourth-order valence-corrected chi connectivity index (χ4v) is 0.904. The van der Waals surface area contributed by atoms with Crippen LogP contribution in [0, 0.1) is 30.2 Å². The predicted octanol–water partition coefficient (Wildman–Crippen LogP) is 3.02. The maximum Gasteiger partial charge on any atom is 0.168 e. The first-order valence-corrected chi connectivity index (χ1v) is 3.38. The summed E-state index contributed by atoms with van der Waals surface area (Å²) in [7, 11) is 0. The van der Waals surface area contributed by atoms with Crippen LogP contribution in [0.3, 0.4) is 0 Å². The predicted molar refractivity (Wildman–Crippen MR) is 35.8 cm³/mol. The average molecular weight is 196 g/mol. The first kappa shape index (κ1) is 9.95. The molecule has 13 heavy (non-hydrogen) atoms. The van der Waals surface area contributed by atoms with E-state index in [0.29, 0.717) is 0 Å². The van der Waals surface area contributed by atoms with Gasteiger partial charge < -0.3 is 0 Å². The van der Waals surface area contributed by atoms with Gasteiger partial charge in [0, 0.05) is 5.56 Å². The van der Waals surface area contributed by atoms with Gasteiger partial charge in [0.1, 0.15) is 6.67 Å². The molecule has 1 aromatic rings. The van der Waals surface area contributed by atoms with Gasteiger partial charge in [-0.05, 0) is 6.92 Å². The fraction of sp³-hybridized carbons (Fsp3) is 0.250. The van der Waals surface area contributed by atoms with Crippen LogP contribution < -0.4 is 0 Å². The fourth-order valence-electron chi connectivity index (χ4n) is 0.904. The normalized spacial score (nSPS) is 10.6. The molecule has 0 aliphatic rings. The standard InChI is InChI=1S/C8H5F5/c1-3-5(10)7(12)4(2-9)8(13)6(3)11/h2H2,1H3. The van der Waals surface area contributed by atoms with Gasteiger partial charge in [-0.3, -0.25) is 0 Å². The second-order valence-corrected chi connectivity index (χ2v) is 2.49. The molecule has 0 aliphatic carbocycles. The van der Waals surface area contributed by atoms with E-state index in [4.69, 9.17) is 0 Å². The highest BCUT2D eigenvalue weighted by molar-refractivity contribution is 5.28. The largest absolute Gasteiger partial charge is 0.246 e. The van der Waals surface area contributed by atoms with Gasteiger partial charge in [0.05, 0.1) is 5.56 Å². The maximum absolute atomic E-state index is 12.7. The Morgan fingerprint density at radius 2 is 1.23 bits per heavy atom. The summed E-state index contributed by atoms with van der Waals surface area (Å²) in [4.78, 5) is 0. The molecule has 0 spiro atoms. The van der Waals surface area contributed by atoms with Crippen molar-refractivity contribution in [2.24, 2.45) is 0 Å². The van der Waals surface area contributed by atoms with Gasteiger partial charge >= 0.3 is 0 Å². The summed E-state index contributed by atoms with van der Waals surface area (Å²) in [5.41, 5.74) is -1.99. The van der Waals surface area contributed by atoms with Gasteiger partial charge in [-0.15, -0.1) is 0 Å². The van der Waals surface area contributed by atoms with Crippen molar-refractivity contribution in [3.63, 3.8) is 0 Å². The third-order valence-electron chi connectivity index (χ3n) is 1.71. The molecule has 0 nitrogen and oxygen atoms in total. The second-order valence-electron chi connectivity index (χ2n) is 2.49. The molecule has 72 valence electrons. The zero-order valence-electron chi connectivity index (χ0n) is 6.60. The molecule has 0 bridgehead atoms. The van der Waals surface area contributed by atoms with Crippen molar-refractivity contribution in [1.82, 2.24) is 0 Å². The molecule has 0 fully saturated rings. The molecule has 0 amide bonds. The quantitative estimate of drug-likeness (QED) is 0.478. The van der Waals surface area contributed by atoms with Gasteiger partial charge in [0.2, 0.25) is 0 Å². The molecule has 5 heteroatoms. The first-order chi connectivity index (χ1) is 6.00. The summed E-state index contributed by atoms with van der Waals surface area (Å²) >= 11 is 0. The number of alkyl halides is 1. The van der Waals surface area contributed by atoms with Gasteiger partial charge in [0.15, 0.2) is 23.3 Å². The van der Waals surface area contributed by atoms with Crippen LogP contribution in [0.4, 0.5) is 22.0 Å². The van der Waals surface area contributed by atoms with E-state index in [-0.39, 0.29) is 0 Å². The molecule has 1 aromatic carbocycles. The van der Waals surface area contributed by atoms with Crippen LogP contribution in [0.5, 0.6) is 0 Å². The van der Waals surface area contributed by atoms with Crippen LogP contribution in [0.15, 0.2) is 0 Å². The van der Waals surface area contributed by atoms with Crippen molar-refractivity contribution in [1.29, 1.82) is 0 Å². The van der Waals surface area contributed by atoms with Crippen LogP contribution in [-0.4, -0.2) is 0 Å². The molecule has 1 rings (SSSR count). The third kappa shape index (κ3) is 1.38. The first-order valence-electron chi connectivity index (χ1n) is 3.38. The summed E-state index contributed by atoms with van der Waals surface area (Å²) in [5, 5.41) is 0. The monoisotopic (exact) mass is 196 g/mol. The van der Waals surface area contributed by atoms with Crippen LogP contribution in [0.25, 0.3) is 0 Å². The van der Waals surface area contributed by atoms with E-state index in [2.05, 4.69) is 0 Å². The Morgan fingerprint density at radius 3 is 1.54 bits per heavy atom. The Hall–Kier alpha value is -1.13. The van der Waals surface area contributed by atoms with Gasteiger partial charge in [0.25, 0.3) is 0 Å². The molecule has 0 N–H and O–H groups in total. The highest BCUT2D eigenvalue weighted by atomic mass is 19.2. The Bertz CT molecular complexity index is 316. The lowest BCUT2D eigenvalue weighted by Gasteiger charge is -2.05. The minimum Gasteiger partial charge on any atom is -0.246 e. The van der Waals surface area contributed by atoms with Crippen molar-refractivity contribution in [2.45, 2.75) is 13.6 Å². The highest BCUT2D eigenvalue weighted by Gasteiger charge is 2.22. The molecule has 0 radical (unpaired) electrons. The molecule has 0 saturated carbocycles. The van der Waals surface area contributed by atoms with E-state index < -0.39 is 41.1 Å². The summed E-state index contributed by atoms with van der Waals surface area (Å²) in [6.45, 7) is -0.704. The van der Waals surface area contributed by atoms with E-state index in [1.54, 1.807) is 0 Å². The van der Waals surface area contributed by atoms with Crippen LogP contribution >= 0.6 is 0 Å². The molecular weight excluding hydrogens is 191 g/mol. The van der Waals surface area contributed by atoms with Crippen molar-refractivity contribution < 1.29 is 22.0 Å². The highest BCUT2D eigenvalue weighted by Crippen LogP contribution is 2.23. The summed E-state index contributed by atoms with van der Waals surface area (Å²) in [6, 6.07) is 0. The van der Waals surface area contributed by atoms with Crippen molar-refractivity contribution in [3.8, 4) is 0 Å². The lowest BCUT2D eigenvalue weighted by Crippen LogP contribution is -2.04. The van der Waals surface area contributed by atoms with E-state index in [1.807, 2.05) is 0 Å². The van der Waals surface area contributed by atoms with Crippen molar-refractivity contribution >= 4 is 0 Å². The molecule has 0 aromatic heterocycles. The topological polar surface area (TPSA) is 0 Å². The van der Waals surface area contributed by atoms with Gasteiger partial charge in [-0.2, -0.15) is 0 Å². The minimum absolute atomic E-state index is 0.785. The summed E-state index contributed by atoms with van der Waals surface area (Å²) < 4.78 is 62.6. The number of halogens is 5. The lowest BCUT2D eigenvalue weighted by molar-refractivity contribution is 0.391. The van der Waals surface area contributed by atoms with E-state index in [0.717, 1.165) is 6.92 Å². The molecule has 0 heterocycles. The molecular formula is C8H5F5. The number of benzene rings is 1. The van der Waals surface area contributed by atoms with E-state index >= 15 is 0 Å². The van der Waals surface area contributed by atoms with Gasteiger partial charge in [-0.1, -0.05) is 0 Å². The van der Waals surface area contributed by atoms with Crippen LogP contribution in [0.2, 0.25) is 0 Å². The molecule has 0 aliphatic heterocycles. The molecule has 0 atom stereocenters. The van der Waals surface area contributed by atoms with Crippen LogP contribution in [-0.2, 0) is 6.67 Å². The zero-order chi connectivity index (χ0) is 10.2. The zero-order valence-corrected chi connectivity index (χ0v) is 6.60. The minimum atomic E-state index is -1.67. The number of rotatable bonds is 1. The molecule has 0 saturated heterocycles. The maximum atomic E-state index is 12.7. The second kappa shape index (κ2) is 3.32. The van der Waals surface area contributed by atoms with Gasteiger partial charge in [-0.25, -0.2) is 22.0 Å². The van der Waals surface area contributed by atoms with E-state index in [9.17, 15) is 22.0 Å². The number of hydrogen-bond donors (Lipinski definition) is 0. The Morgan fingerprint density at radius 1 is 0.846 bits per heavy atom. The third-order valence-corrected chi connectivity index (χ3v) is 1.71. The lowest BCUT2D eigenvalue weighted by atomic mass is 10.1. The number of hydrogen-bond acceptors (Lipinski definition) is 0. The smallest absolute Gasteiger partial charge is 0.168 e. The Balaban J connectivity index is 3.56. The Labute approximate surface area is 71.0 Å². The summed E-state index contributed by atoms with van der Waals surface area (Å²) in [5.74, 6) is -6.43. The van der Waals surface area contributed by atoms with Crippen molar-refractivity contribution in [2.75, 3.05) is 0 Å². The SMILES string of the molecule is Cc1c(F)c(F)c(CF)c(F)c1F. The van der Waals surface area contributed by atoms with E-state index in [1.165, 1.54) is 0 Å². The molecule has 0 unspecified atom stereocenters. The van der Waals surface area contributed by atoms with Crippen LogP contribution in [0.1, 0.15) is 11.1 Å². The average Bonchev–Trinajstić information content (AvgIpc) is 2.13. The van der Waals surface area contributed by atoms with Crippen molar-refractivity contribution in [3.05, 3.63) is 34.4 Å². The Kier molecular flexibility index (Phi) is 2.54. The summed E-state index contributed by atoms with van der Waals surface area (Å²) in [6.07, 6.45) is 0.